The SMILES string of the molecule is C#Cc1ccccc1C(C(=O)Nc1ccc2ccccc2c1)N(CC=C)C(=O)C(CO)NC(=O)OC(C)(C)C. The first-order valence-corrected chi connectivity index (χ1v) is 12.4. The Bertz CT molecular complexity index is 1400. The third kappa shape index (κ3) is 7.46. The average molecular weight is 528 g/mol. The molecular weight excluding hydrogens is 494 g/mol. The maximum absolute atomic E-state index is 13.9. The van der Waals surface area contributed by atoms with Crippen molar-refractivity contribution in [3.63, 3.8) is 0 Å². The molecule has 8 heteroatoms. The van der Waals surface area contributed by atoms with Crippen LogP contribution in [0.1, 0.15) is 37.9 Å². The van der Waals surface area contributed by atoms with Gasteiger partial charge in [-0.25, -0.2) is 4.79 Å². The molecule has 0 saturated heterocycles. The monoisotopic (exact) mass is 527 g/mol. The van der Waals surface area contributed by atoms with Gasteiger partial charge in [0.05, 0.1) is 6.61 Å². The number of nitrogens with zero attached hydrogens (tertiary/aromatic N) is 1. The van der Waals surface area contributed by atoms with Crippen molar-refractivity contribution in [3.05, 3.63) is 90.5 Å². The van der Waals surface area contributed by atoms with Crippen LogP contribution in [0.3, 0.4) is 0 Å². The van der Waals surface area contributed by atoms with Crippen molar-refractivity contribution >= 4 is 34.4 Å². The number of aliphatic hydroxyl groups is 1. The second-order valence-electron chi connectivity index (χ2n) is 9.85. The van der Waals surface area contributed by atoms with E-state index in [1.54, 1.807) is 51.1 Å². The van der Waals surface area contributed by atoms with Gasteiger partial charge < -0.3 is 25.4 Å². The van der Waals surface area contributed by atoms with E-state index in [2.05, 4.69) is 23.1 Å². The minimum Gasteiger partial charge on any atom is -0.444 e. The molecule has 202 valence electrons. The van der Waals surface area contributed by atoms with Gasteiger partial charge in [0.25, 0.3) is 5.91 Å². The number of fused-ring (bicyclic) bond motifs is 1. The van der Waals surface area contributed by atoms with Crippen LogP contribution in [0.4, 0.5) is 10.5 Å². The lowest BCUT2D eigenvalue weighted by atomic mass is 9.97. The molecule has 0 aliphatic carbocycles. The molecule has 0 radical (unpaired) electrons. The highest BCUT2D eigenvalue weighted by atomic mass is 16.6. The Balaban J connectivity index is 2.01. The van der Waals surface area contributed by atoms with Gasteiger partial charge in [0.1, 0.15) is 17.7 Å². The van der Waals surface area contributed by atoms with Gasteiger partial charge in [0.2, 0.25) is 5.91 Å². The van der Waals surface area contributed by atoms with Crippen LogP contribution in [0.15, 0.2) is 79.4 Å². The van der Waals surface area contributed by atoms with Crippen LogP contribution >= 0.6 is 0 Å². The van der Waals surface area contributed by atoms with Crippen LogP contribution in [0.25, 0.3) is 10.8 Å². The van der Waals surface area contributed by atoms with E-state index in [-0.39, 0.29) is 6.54 Å². The fraction of sp³-hybridized carbons (Fsp3) is 0.258. The number of terminal acetylenes is 1. The minimum absolute atomic E-state index is 0.0694. The smallest absolute Gasteiger partial charge is 0.408 e. The Morgan fingerprint density at radius 3 is 2.38 bits per heavy atom. The summed E-state index contributed by atoms with van der Waals surface area (Å²) in [5.41, 5.74) is 0.529. The second kappa shape index (κ2) is 12.8. The van der Waals surface area contributed by atoms with Crippen LogP contribution in [-0.2, 0) is 14.3 Å². The summed E-state index contributed by atoms with van der Waals surface area (Å²) in [7, 11) is 0. The van der Waals surface area contributed by atoms with Crippen LogP contribution in [0, 0.1) is 12.3 Å². The zero-order chi connectivity index (χ0) is 28.6. The number of hydrogen-bond acceptors (Lipinski definition) is 5. The highest BCUT2D eigenvalue weighted by molar-refractivity contribution is 6.00. The summed E-state index contributed by atoms with van der Waals surface area (Å²) in [5.74, 6) is 1.33. The Labute approximate surface area is 228 Å². The van der Waals surface area contributed by atoms with Gasteiger partial charge >= 0.3 is 6.09 Å². The Morgan fingerprint density at radius 1 is 1.08 bits per heavy atom. The summed E-state index contributed by atoms with van der Waals surface area (Å²) in [6, 6.07) is 17.4. The van der Waals surface area contributed by atoms with Gasteiger partial charge in [-0.3, -0.25) is 9.59 Å². The molecule has 0 saturated carbocycles. The predicted octanol–water partition coefficient (Wildman–Crippen LogP) is 4.40. The first-order chi connectivity index (χ1) is 18.6. The quantitative estimate of drug-likeness (QED) is 0.282. The molecule has 2 unspecified atom stereocenters. The fourth-order valence-electron chi connectivity index (χ4n) is 4.09. The summed E-state index contributed by atoms with van der Waals surface area (Å²) in [6.07, 6.45) is 6.32. The number of ether oxygens (including phenoxy) is 1. The van der Waals surface area contributed by atoms with E-state index in [4.69, 9.17) is 11.2 Å². The van der Waals surface area contributed by atoms with Crippen molar-refractivity contribution in [3.8, 4) is 12.3 Å². The van der Waals surface area contributed by atoms with Gasteiger partial charge in [-0.1, -0.05) is 60.5 Å². The Morgan fingerprint density at radius 2 is 1.74 bits per heavy atom. The summed E-state index contributed by atoms with van der Waals surface area (Å²) in [4.78, 5) is 41.2. The molecule has 3 N–H and O–H groups in total. The van der Waals surface area contributed by atoms with Gasteiger partial charge in [-0.2, -0.15) is 0 Å². The molecule has 39 heavy (non-hydrogen) atoms. The van der Waals surface area contributed by atoms with Gasteiger partial charge in [0.15, 0.2) is 0 Å². The molecule has 3 amide bonds. The molecule has 0 aliphatic rings. The number of aliphatic hydroxyl groups excluding tert-OH is 1. The van der Waals surface area contributed by atoms with Gasteiger partial charge in [-0.15, -0.1) is 13.0 Å². The Kier molecular flexibility index (Phi) is 9.47. The molecule has 0 aliphatic heterocycles. The van der Waals surface area contributed by atoms with Crippen molar-refractivity contribution in [2.24, 2.45) is 0 Å². The van der Waals surface area contributed by atoms with E-state index in [0.717, 1.165) is 10.8 Å². The lowest BCUT2D eigenvalue weighted by Gasteiger charge is -2.33. The number of carbonyl (C=O) groups is 3. The summed E-state index contributed by atoms with van der Waals surface area (Å²) >= 11 is 0. The highest BCUT2D eigenvalue weighted by Crippen LogP contribution is 2.28. The first-order valence-electron chi connectivity index (χ1n) is 12.4. The van der Waals surface area contributed by atoms with Crippen molar-refractivity contribution in [2.45, 2.75) is 38.5 Å². The van der Waals surface area contributed by atoms with Crippen LogP contribution in [-0.4, -0.2) is 52.7 Å². The van der Waals surface area contributed by atoms with E-state index in [1.807, 2.05) is 36.4 Å². The van der Waals surface area contributed by atoms with E-state index >= 15 is 0 Å². The van der Waals surface area contributed by atoms with Gasteiger partial charge in [0, 0.05) is 17.8 Å². The largest absolute Gasteiger partial charge is 0.444 e. The van der Waals surface area contributed by atoms with E-state index in [0.29, 0.717) is 16.8 Å². The zero-order valence-corrected chi connectivity index (χ0v) is 22.3. The maximum Gasteiger partial charge on any atom is 0.408 e. The molecule has 3 aromatic carbocycles. The molecule has 3 aromatic rings. The van der Waals surface area contributed by atoms with E-state index < -0.39 is 42.2 Å². The number of alkyl carbamates (subject to hydrolysis) is 1. The van der Waals surface area contributed by atoms with E-state index in [1.165, 1.54) is 11.0 Å². The van der Waals surface area contributed by atoms with Crippen molar-refractivity contribution < 1.29 is 24.2 Å². The number of nitrogens with one attached hydrogen (secondary N) is 2. The van der Waals surface area contributed by atoms with Crippen molar-refractivity contribution in [1.29, 1.82) is 0 Å². The lowest BCUT2D eigenvalue weighted by molar-refractivity contribution is -0.140. The third-order valence-corrected chi connectivity index (χ3v) is 5.77. The number of anilines is 1. The summed E-state index contributed by atoms with van der Waals surface area (Å²) < 4.78 is 5.25. The van der Waals surface area contributed by atoms with Crippen LogP contribution < -0.4 is 10.6 Å². The third-order valence-electron chi connectivity index (χ3n) is 5.77. The normalized spacial score (nSPS) is 12.5. The van der Waals surface area contributed by atoms with Gasteiger partial charge in [-0.05, 0) is 55.3 Å². The lowest BCUT2D eigenvalue weighted by Crippen LogP contribution is -2.54. The number of benzene rings is 3. The van der Waals surface area contributed by atoms with Crippen molar-refractivity contribution in [1.82, 2.24) is 10.2 Å². The number of carbonyl (C=O) groups excluding carboxylic acids is 3. The molecule has 0 fully saturated rings. The highest BCUT2D eigenvalue weighted by Gasteiger charge is 2.36. The Hall–Kier alpha value is -4.61. The second-order valence-corrected chi connectivity index (χ2v) is 9.85. The molecule has 0 bridgehead atoms. The average Bonchev–Trinajstić information content (AvgIpc) is 2.90. The first kappa shape index (κ1) is 29.0. The number of rotatable bonds is 9. The number of hydrogen-bond donors (Lipinski definition) is 3. The molecule has 0 aromatic heterocycles. The molecule has 0 spiro atoms. The summed E-state index contributed by atoms with van der Waals surface area (Å²) in [5, 5.41) is 17.2. The molecule has 3 rings (SSSR count). The van der Waals surface area contributed by atoms with E-state index in [9.17, 15) is 19.5 Å². The molecule has 8 nitrogen and oxygen atoms in total. The zero-order valence-electron chi connectivity index (χ0n) is 22.3. The maximum atomic E-state index is 13.9. The molecule has 2 atom stereocenters. The standard InChI is InChI=1S/C31H33N3O5/c1-6-18-34(29(37)26(20-35)33-30(38)39-31(3,4)5)27(25-15-11-10-12-21(25)7-2)28(36)32-24-17-16-22-13-8-9-14-23(22)19-24/h2,6,8-17,19,26-27,35H,1,18,20H2,3-5H3,(H,32,36)(H,33,38). The van der Waals surface area contributed by atoms with Crippen molar-refractivity contribution in [2.75, 3.05) is 18.5 Å². The molecule has 0 heterocycles. The predicted molar refractivity (Wildman–Crippen MR) is 152 cm³/mol. The fourth-order valence-corrected chi connectivity index (χ4v) is 4.09. The number of amides is 3. The van der Waals surface area contributed by atoms with Crippen LogP contribution in [0.5, 0.6) is 0 Å². The van der Waals surface area contributed by atoms with Crippen LogP contribution in [0.2, 0.25) is 0 Å². The summed E-state index contributed by atoms with van der Waals surface area (Å²) in [6.45, 7) is 7.97. The topological polar surface area (TPSA) is 108 Å². The minimum atomic E-state index is -1.38. The molecular formula is C31H33N3O5.